The third kappa shape index (κ3) is 2.97. The van der Waals surface area contributed by atoms with E-state index in [-0.39, 0.29) is 24.4 Å². The Balaban J connectivity index is 0.00000121. The summed E-state index contributed by atoms with van der Waals surface area (Å²) in [6, 6.07) is -0.140. The van der Waals surface area contributed by atoms with Crippen LogP contribution in [0.1, 0.15) is 0 Å². The highest BCUT2D eigenvalue weighted by Gasteiger charge is 2.21. The molecule has 1 aliphatic heterocycles. The van der Waals surface area contributed by atoms with E-state index in [1.54, 1.807) is 19.0 Å². The van der Waals surface area contributed by atoms with Gasteiger partial charge in [0.15, 0.2) is 0 Å². The van der Waals surface area contributed by atoms with Gasteiger partial charge in [-0.25, -0.2) is 0 Å². The van der Waals surface area contributed by atoms with E-state index in [1.165, 1.54) is 0 Å². The van der Waals surface area contributed by atoms with E-state index >= 15 is 0 Å². The predicted octanol–water partition coefficient (Wildman–Crippen LogP) is -0.515. The number of carbonyl (C=O) groups excluding carboxylic acids is 1. The van der Waals surface area contributed by atoms with Crippen LogP contribution < -0.4 is 5.32 Å². The number of nitrogens with zero attached hydrogens (tertiary/aromatic N) is 1. The van der Waals surface area contributed by atoms with Gasteiger partial charge in [0.05, 0.1) is 13.2 Å². The van der Waals surface area contributed by atoms with Gasteiger partial charge in [0.1, 0.15) is 6.04 Å². The fourth-order valence-electron chi connectivity index (χ4n) is 1.04. The molecule has 0 bridgehead atoms. The molecule has 0 aliphatic carbocycles. The first-order chi connectivity index (χ1) is 5.22. The highest BCUT2D eigenvalue weighted by molar-refractivity contribution is 5.85. The van der Waals surface area contributed by atoms with Crippen molar-refractivity contribution in [3.05, 3.63) is 0 Å². The fourth-order valence-corrected chi connectivity index (χ4v) is 1.04. The highest BCUT2D eigenvalue weighted by Crippen LogP contribution is 1.95. The zero-order chi connectivity index (χ0) is 8.27. The van der Waals surface area contributed by atoms with Crippen molar-refractivity contribution in [3.8, 4) is 0 Å². The van der Waals surface area contributed by atoms with Crippen molar-refractivity contribution >= 4 is 18.3 Å². The lowest BCUT2D eigenvalue weighted by atomic mass is 10.2. The summed E-state index contributed by atoms with van der Waals surface area (Å²) in [5.41, 5.74) is 0. The van der Waals surface area contributed by atoms with Gasteiger partial charge in [-0.05, 0) is 0 Å². The zero-order valence-corrected chi connectivity index (χ0v) is 8.19. The molecule has 1 saturated heterocycles. The molecular weight excluding hydrogens is 180 g/mol. The molecule has 1 heterocycles. The number of hydrogen-bond donors (Lipinski definition) is 1. The van der Waals surface area contributed by atoms with Gasteiger partial charge in [0.25, 0.3) is 0 Å². The van der Waals surface area contributed by atoms with E-state index in [9.17, 15) is 4.79 Å². The molecular formula is C7H15ClN2O2. The lowest BCUT2D eigenvalue weighted by Gasteiger charge is -2.25. The Hall–Kier alpha value is -0.320. The number of amides is 1. The standard InChI is InChI=1S/C7H14N2O2.ClH/c1-9(2)7(10)6-5-11-4-3-8-6;/h6,8H,3-5H2,1-2H3;1H. The fraction of sp³-hybridized carbons (Fsp3) is 0.857. The van der Waals surface area contributed by atoms with Gasteiger partial charge in [-0.15, -0.1) is 12.4 Å². The van der Waals surface area contributed by atoms with Crippen LogP contribution in [0, 0.1) is 0 Å². The second-order valence-corrected chi connectivity index (χ2v) is 2.81. The van der Waals surface area contributed by atoms with E-state index in [4.69, 9.17) is 4.74 Å². The molecule has 1 rings (SSSR count). The van der Waals surface area contributed by atoms with Gasteiger partial charge in [-0.3, -0.25) is 4.79 Å². The molecule has 12 heavy (non-hydrogen) atoms. The van der Waals surface area contributed by atoms with Gasteiger partial charge in [-0.1, -0.05) is 0 Å². The molecule has 0 radical (unpaired) electrons. The SMILES string of the molecule is CN(C)C(=O)C1COCCN1.Cl. The number of morpholine rings is 1. The van der Waals surface area contributed by atoms with Crippen LogP contribution in [0.15, 0.2) is 0 Å². The average Bonchev–Trinajstić information content (AvgIpc) is 2.05. The first-order valence-electron chi connectivity index (χ1n) is 3.74. The summed E-state index contributed by atoms with van der Waals surface area (Å²) in [5, 5.41) is 3.08. The van der Waals surface area contributed by atoms with Crippen molar-refractivity contribution < 1.29 is 9.53 Å². The Labute approximate surface area is 78.7 Å². The smallest absolute Gasteiger partial charge is 0.241 e. The molecule has 4 nitrogen and oxygen atoms in total. The number of carbonyl (C=O) groups is 1. The maximum Gasteiger partial charge on any atom is 0.241 e. The van der Waals surface area contributed by atoms with Crippen molar-refractivity contribution in [2.45, 2.75) is 6.04 Å². The normalized spacial score (nSPS) is 22.7. The van der Waals surface area contributed by atoms with Crippen molar-refractivity contribution in [3.63, 3.8) is 0 Å². The van der Waals surface area contributed by atoms with Crippen molar-refractivity contribution in [1.29, 1.82) is 0 Å². The minimum Gasteiger partial charge on any atom is -0.378 e. The maximum absolute atomic E-state index is 11.3. The maximum atomic E-state index is 11.3. The summed E-state index contributed by atoms with van der Waals surface area (Å²) < 4.78 is 5.14. The third-order valence-electron chi connectivity index (χ3n) is 1.66. The molecule has 0 aromatic heterocycles. The van der Waals surface area contributed by atoms with E-state index in [1.807, 2.05) is 0 Å². The summed E-state index contributed by atoms with van der Waals surface area (Å²) in [6.45, 7) is 1.97. The quantitative estimate of drug-likeness (QED) is 0.611. The van der Waals surface area contributed by atoms with E-state index in [2.05, 4.69) is 5.32 Å². The minimum absolute atomic E-state index is 0. The van der Waals surface area contributed by atoms with Gasteiger partial charge in [-0.2, -0.15) is 0 Å². The van der Waals surface area contributed by atoms with E-state index < -0.39 is 0 Å². The number of rotatable bonds is 1. The Morgan fingerprint density at radius 1 is 1.58 bits per heavy atom. The number of ether oxygens (including phenoxy) is 1. The first kappa shape index (κ1) is 11.7. The largest absolute Gasteiger partial charge is 0.378 e. The van der Waals surface area contributed by atoms with Gasteiger partial charge in [0, 0.05) is 20.6 Å². The molecule has 0 saturated carbocycles. The molecule has 1 atom stereocenters. The summed E-state index contributed by atoms with van der Waals surface area (Å²) in [5.74, 6) is 0.0877. The highest BCUT2D eigenvalue weighted by atomic mass is 35.5. The van der Waals surface area contributed by atoms with Gasteiger partial charge < -0.3 is 15.0 Å². The van der Waals surface area contributed by atoms with Crippen LogP contribution in [0.4, 0.5) is 0 Å². The number of halogens is 1. The second-order valence-electron chi connectivity index (χ2n) is 2.81. The zero-order valence-electron chi connectivity index (χ0n) is 7.37. The monoisotopic (exact) mass is 194 g/mol. The van der Waals surface area contributed by atoms with Crippen LogP contribution in [0.2, 0.25) is 0 Å². The number of likely N-dealkylation sites (N-methyl/N-ethyl adjacent to an activating group) is 1. The van der Waals surface area contributed by atoms with Crippen LogP contribution in [-0.4, -0.2) is 50.7 Å². The topological polar surface area (TPSA) is 41.6 Å². The molecule has 5 heteroatoms. The van der Waals surface area contributed by atoms with Gasteiger partial charge >= 0.3 is 0 Å². The third-order valence-corrected chi connectivity index (χ3v) is 1.66. The summed E-state index contributed by atoms with van der Waals surface area (Å²) in [4.78, 5) is 12.9. The minimum atomic E-state index is -0.140. The summed E-state index contributed by atoms with van der Waals surface area (Å²) in [7, 11) is 3.50. The molecule has 72 valence electrons. The van der Waals surface area contributed by atoms with Crippen LogP contribution in [0.5, 0.6) is 0 Å². The Bertz CT molecular complexity index is 146. The molecule has 1 unspecified atom stereocenters. The van der Waals surface area contributed by atoms with Crippen molar-refractivity contribution in [2.75, 3.05) is 33.9 Å². The Kier molecular flexibility index (Phi) is 5.20. The molecule has 1 aliphatic rings. The molecule has 0 aromatic carbocycles. The second kappa shape index (κ2) is 5.35. The first-order valence-corrected chi connectivity index (χ1v) is 3.74. The van der Waals surface area contributed by atoms with E-state index in [0.29, 0.717) is 13.2 Å². The van der Waals surface area contributed by atoms with Gasteiger partial charge in [0.2, 0.25) is 5.91 Å². The molecule has 0 spiro atoms. The van der Waals surface area contributed by atoms with Crippen LogP contribution in [0.3, 0.4) is 0 Å². The molecule has 1 fully saturated rings. The molecule has 1 amide bonds. The lowest BCUT2D eigenvalue weighted by Crippen LogP contribution is -2.50. The summed E-state index contributed by atoms with van der Waals surface area (Å²) in [6.07, 6.45) is 0. The average molecular weight is 195 g/mol. The number of hydrogen-bond acceptors (Lipinski definition) is 3. The van der Waals surface area contributed by atoms with Crippen molar-refractivity contribution in [1.82, 2.24) is 10.2 Å². The Morgan fingerprint density at radius 3 is 2.67 bits per heavy atom. The predicted molar refractivity (Wildman–Crippen MR) is 48.6 cm³/mol. The number of nitrogens with one attached hydrogen (secondary N) is 1. The summed E-state index contributed by atoms with van der Waals surface area (Å²) >= 11 is 0. The van der Waals surface area contributed by atoms with Crippen LogP contribution in [0.25, 0.3) is 0 Å². The lowest BCUT2D eigenvalue weighted by molar-refractivity contribution is -0.133. The van der Waals surface area contributed by atoms with Crippen LogP contribution in [-0.2, 0) is 9.53 Å². The molecule has 1 N–H and O–H groups in total. The van der Waals surface area contributed by atoms with Crippen LogP contribution >= 0.6 is 12.4 Å². The van der Waals surface area contributed by atoms with E-state index in [0.717, 1.165) is 6.54 Å². The Morgan fingerprint density at radius 2 is 2.25 bits per heavy atom. The van der Waals surface area contributed by atoms with Crippen molar-refractivity contribution in [2.24, 2.45) is 0 Å². The molecule has 0 aromatic rings.